The lowest BCUT2D eigenvalue weighted by molar-refractivity contribution is -0.209. The van der Waals surface area contributed by atoms with Gasteiger partial charge in [-0.05, 0) is 12.8 Å². The average molecular weight is 236 g/mol. The molecule has 0 aliphatic heterocycles. The standard InChI is InChI=1S/C10H15F3N2O/c11-10(12,13)9(16)7-15(6-5-14)8-3-1-2-4-8/h8-9,16H,1-4,6-7H2. The van der Waals surface area contributed by atoms with Crippen molar-refractivity contribution in [2.45, 2.75) is 44.0 Å². The van der Waals surface area contributed by atoms with Crippen LogP contribution >= 0.6 is 0 Å². The van der Waals surface area contributed by atoms with Crippen molar-refractivity contribution in [3.8, 4) is 6.07 Å². The van der Waals surface area contributed by atoms with Crippen LogP contribution in [0.4, 0.5) is 13.2 Å². The van der Waals surface area contributed by atoms with E-state index in [0.29, 0.717) is 0 Å². The Morgan fingerprint density at radius 2 is 1.94 bits per heavy atom. The maximum Gasteiger partial charge on any atom is 0.415 e. The van der Waals surface area contributed by atoms with E-state index in [9.17, 15) is 13.2 Å². The number of halogens is 3. The molecule has 0 radical (unpaired) electrons. The van der Waals surface area contributed by atoms with Crippen molar-refractivity contribution in [3.63, 3.8) is 0 Å². The molecule has 0 aromatic rings. The Labute approximate surface area is 92.5 Å². The molecule has 1 unspecified atom stereocenters. The second-order valence-electron chi connectivity index (χ2n) is 4.08. The van der Waals surface area contributed by atoms with Crippen molar-refractivity contribution < 1.29 is 18.3 Å². The van der Waals surface area contributed by atoms with Crippen molar-refractivity contribution >= 4 is 0 Å². The Balaban J connectivity index is 2.54. The van der Waals surface area contributed by atoms with Crippen LogP contribution in [-0.2, 0) is 0 Å². The van der Waals surface area contributed by atoms with Crippen LogP contribution in [0.1, 0.15) is 25.7 Å². The Morgan fingerprint density at radius 3 is 2.38 bits per heavy atom. The summed E-state index contributed by atoms with van der Waals surface area (Å²) in [5.74, 6) is 0. The van der Waals surface area contributed by atoms with Gasteiger partial charge in [-0.1, -0.05) is 12.8 Å². The lowest BCUT2D eigenvalue weighted by atomic mass is 10.2. The van der Waals surface area contributed by atoms with Crippen molar-refractivity contribution in [1.29, 1.82) is 5.26 Å². The first kappa shape index (κ1) is 13.3. The summed E-state index contributed by atoms with van der Waals surface area (Å²) in [7, 11) is 0. The third-order valence-corrected chi connectivity index (χ3v) is 2.90. The van der Waals surface area contributed by atoms with Crippen LogP contribution in [0.25, 0.3) is 0 Å². The predicted molar refractivity (Wildman–Crippen MR) is 51.5 cm³/mol. The van der Waals surface area contributed by atoms with Crippen LogP contribution < -0.4 is 0 Å². The van der Waals surface area contributed by atoms with Crippen LogP contribution in [0.15, 0.2) is 0 Å². The molecular weight excluding hydrogens is 221 g/mol. The van der Waals surface area contributed by atoms with Gasteiger partial charge in [-0.25, -0.2) is 0 Å². The number of hydrogen-bond acceptors (Lipinski definition) is 3. The van der Waals surface area contributed by atoms with Gasteiger partial charge >= 0.3 is 6.18 Å². The minimum atomic E-state index is -4.60. The van der Waals surface area contributed by atoms with Gasteiger partial charge in [0.2, 0.25) is 0 Å². The SMILES string of the molecule is N#CCN(CC(O)C(F)(F)F)C1CCCC1. The summed E-state index contributed by atoms with van der Waals surface area (Å²) >= 11 is 0. The largest absolute Gasteiger partial charge is 0.415 e. The smallest absolute Gasteiger partial charge is 0.382 e. The van der Waals surface area contributed by atoms with E-state index in [1.165, 1.54) is 4.90 Å². The molecule has 1 N–H and O–H groups in total. The molecule has 3 nitrogen and oxygen atoms in total. The van der Waals surface area contributed by atoms with Gasteiger partial charge in [0.05, 0.1) is 12.6 Å². The molecule has 6 heteroatoms. The summed E-state index contributed by atoms with van der Waals surface area (Å²) in [6.45, 7) is -0.556. The monoisotopic (exact) mass is 236 g/mol. The summed E-state index contributed by atoms with van der Waals surface area (Å²) in [5.41, 5.74) is 0. The minimum absolute atomic E-state index is 0.0108. The maximum absolute atomic E-state index is 12.2. The number of nitrogens with zero attached hydrogens (tertiary/aromatic N) is 2. The topological polar surface area (TPSA) is 47.3 Å². The van der Waals surface area contributed by atoms with Gasteiger partial charge in [-0.3, -0.25) is 4.90 Å². The van der Waals surface area contributed by atoms with Crippen molar-refractivity contribution in [2.75, 3.05) is 13.1 Å². The molecule has 1 aliphatic carbocycles. The van der Waals surface area contributed by atoms with Crippen LogP contribution in [0.3, 0.4) is 0 Å². The van der Waals surface area contributed by atoms with E-state index < -0.39 is 18.8 Å². The van der Waals surface area contributed by atoms with Crippen LogP contribution in [0.5, 0.6) is 0 Å². The Bertz CT molecular complexity index is 256. The predicted octanol–water partition coefficient (Wildman–Crippen LogP) is 1.68. The number of hydrogen-bond donors (Lipinski definition) is 1. The fourth-order valence-electron chi connectivity index (χ4n) is 2.03. The van der Waals surface area contributed by atoms with Crippen LogP contribution in [-0.4, -0.2) is 41.4 Å². The molecule has 92 valence electrons. The third-order valence-electron chi connectivity index (χ3n) is 2.90. The number of aliphatic hydroxyl groups is 1. The molecule has 0 bridgehead atoms. The lowest BCUT2D eigenvalue weighted by Gasteiger charge is -2.29. The highest BCUT2D eigenvalue weighted by molar-refractivity contribution is 4.86. The molecule has 1 saturated carbocycles. The van der Waals surface area contributed by atoms with Gasteiger partial charge in [-0.2, -0.15) is 18.4 Å². The summed E-state index contributed by atoms with van der Waals surface area (Å²) in [4.78, 5) is 1.44. The quantitative estimate of drug-likeness (QED) is 0.755. The summed E-state index contributed by atoms with van der Waals surface area (Å²) in [6.07, 6.45) is -3.38. The molecule has 0 aromatic carbocycles. The molecule has 1 fully saturated rings. The molecule has 1 aliphatic rings. The number of rotatable bonds is 4. The first-order chi connectivity index (χ1) is 7.45. The normalized spacial score (nSPS) is 20.0. The molecule has 0 aromatic heterocycles. The summed E-state index contributed by atoms with van der Waals surface area (Å²) in [6, 6.07) is 1.86. The zero-order valence-corrected chi connectivity index (χ0v) is 8.87. The molecule has 1 atom stereocenters. The van der Waals surface area contributed by atoms with Crippen LogP contribution in [0.2, 0.25) is 0 Å². The van der Waals surface area contributed by atoms with E-state index in [-0.39, 0.29) is 12.6 Å². The number of aliphatic hydroxyl groups excluding tert-OH is 1. The number of nitriles is 1. The molecule has 0 saturated heterocycles. The van der Waals surface area contributed by atoms with E-state index in [1.807, 2.05) is 6.07 Å². The van der Waals surface area contributed by atoms with Gasteiger partial charge < -0.3 is 5.11 Å². The van der Waals surface area contributed by atoms with Crippen molar-refractivity contribution in [2.24, 2.45) is 0 Å². The van der Waals surface area contributed by atoms with Gasteiger partial charge in [-0.15, -0.1) is 0 Å². The van der Waals surface area contributed by atoms with Crippen molar-refractivity contribution in [3.05, 3.63) is 0 Å². The highest BCUT2D eigenvalue weighted by Gasteiger charge is 2.40. The summed E-state index contributed by atoms with van der Waals surface area (Å²) < 4.78 is 36.5. The first-order valence-corrected chi connectivity index (χ1v) is 5.31. The van der Waals surface area contributed by atoms with Gasteiger partial charge in [0, 0.05) is 12.6 Å². The second kappa shape index (κ2) is 5.51. The molecule has 1 rings (SSSR count). The fourth-order valence-corrected chi connectivity index (χ4v) is 2.03. The molecule has 16 heavy (non-hydrogen) atoms. The Hall–Kier alpha value is -0.800. The van der Waals surface area contributed by atoms with Crippen molar-refractivity contribution in [1.82, 2.24) is 4.90 Å². The molecule has 0 amide bonds. The Morgan fingerprint density at radius 1 is 1.38 bits per heavy atom. The van der Waals surface area contributed by atoms with E-state index in [1.54, 1.807) is 0 Å². The molecule has 0 heterocycles. The first-order valence-electron chi connectivity index (χ1n) is 5.31. The minimum Gasteiger partial charge on any atom is -0.382 e. The fraction of sp³-hybridized carbons (Fsp3) is 0.900. The Kier molecular flexibility index (Phi) is 4.56. The van der Waals surface area contributed by atoms with E-state index in [2.05, 4.69) is 0 Å². The van der Waals surface area contributed by atoms with Gasteiger partial charge in [0.25, 0.3) is 0 Å². The zero-order chi connectivity index (χ0) is 12.2. The van der Waals surface area contributed by atoms with Gasteiger partial charge in [0.15, 0.2) is 6.10 Å². The molecular formula is C10H15F3N2O. The maximum atomic E-state index is 12.2. The summed E-state index contributed by atoms with van der Waals surface area (Å²) in [5, 5.41) is 17.5. The zero-order valence-electron chi connectivity index (χ0n) is 8.87. The van der Waals surface area contributed by atoms with Gasteiger partial charge in [0.1, 0.15) is 0 Å². The van der Waals surface area contributed by atoms with Crippen LogP contribution in [0, 0.1) is 11.3 Å². The highest BCUT2D eigenvalue weighted by atomic mass is 19.4. The highest BCUT2D eigenvalue weighted by Crippen LogP contribution is 2.26. The second-order valence-corrected chi connectivity index (χ2v) is 4.08. The van der Waals surface area contributed by atoms with E-state index in [4.69, 9.17) is 10.4 Å². The third kappa shape index (κ3) is 3.65. The van der Waals surface area contributed by atoms with E-state index >= 15 is 0 Å². The number of alkyl halides is 3. The average Bonchev–Trinajstić information content (AvgIpc) is 2.68. The lowest BCUT2D eigenvalue weighted by Crippen LogP contribution is -2.44. The van der Waals surface area contributed by atoms with E-state index in [0.717, 1.165) is 25.7 Å². The molecule has 0 spiro atoms.